The first-order chi connectivity index (χ1) is 7.49. The number of ether oxygens (including phenoxy) is 1. The van der Waals surface area contributed by atoms with Crippen molar-refractivity contribution in [2.45, 2.75) is 11.8 Å². The van der Waals surface area contributed by atoms with E-state index in [-0.39, 0.29) is 28.0 Å². The summed E-state index contributed by atoms with van der Waals surface area (Å²) in [6.45, 7) is 2.42. The Bertz CT molecular complexity index is 439. The molecule has 0 saturated heterocycles. The minimum absolute atomic E-state index is 0.00336. The Kier molecular flexibility index (Phi) is 4.58. The van der Waals surface area contributed by atoms with E-state index in [1.807, 2.05) is 0 Å². The van der Waals surface area contributed by atoms with Gasteiger partial charge in [0, 0.05) is 6.61 Å². The number of rotatable bonds is 5. The number of hydrogen-bond acceptors (Lipinski definition) is 4. The third kappa shape index (κ3) is 3.10. The number of hydrogen-bond donors (Lipinski definition) is 1. The Morgan fingerprint density at radius 1 is 1.44 bits per heavy atom. The molecule has 0 aliphatic rings. The van der Waals surface area contributed by atoms with E-state index in [0.29, 0.717) is 6.61 Å². The van der Waals surface area contributed by atoms with Crippen LogP contribution in [0.5, 0.6) is 0 Å². The predicted molar refractivity (Wildman–Crippen MR) is 64.4 cm³/mol. The maximum atomic E-state index is 11.9. The van der Waals surface area contributed by atoms with Crippen LogP contribution < -0.4 is 5.73 Å². The molecule has 6 heteroatoms. The van der Waals surface area contributed by atoms with Crippen molar-refractivity contribution in [2.75, 3.05) is 24.7 Å². The van der Waals surface area contributed by atoms with E-state index in [4.69, 9.17) is 22.1 Å². The monoisotopic (exact) mass is 263 g/mol. The van der Waals surface area contributed by atoms with Crippen LogP contribution >= 0.6 is 11.6 Å². The second-order valence-electron chi connectivity index (χ2n) is 3.17. The molecule has 90 valence electrons. The molecule has 1 rings (SSSR count). The molecule has 0 unspecified atom stereocenters. The van der Waals surface area contributed by atoms with Gasteiger partial charge in [0.05, 0.1) is 23.1 Å². The molecular weight excluding hydrogens is 250 g/mol. The lowest BCUT2D eigenvalue weighted by Gasteiger charge is -2.09. The summed E-state index contributed by atoms with van der Waals surface area (Å²) >= 11 is 5.83. The maximum absolute atomic E-state index is 11.9. The predicted octanol–water partition coefficient (Wildman–Crippen LogP) is 1.73. The van der Waals surface area contributed by atoms with Gasteiger partial charge in [0.1, 0.15) is 4.90 Å². The van der Waals surface area contributed by atoms with Crippen LogP contribution in [-0.4, -0.2) is 27.4 Å². The minimum atomic E-state index is -3.48. The van der Waals surface area contributed by atoms with Gasteiger partial charge in [-0.15, -0.1) is 0 Å². The molecule has 0 aromatic heterocycles. The molecule has 0 spiro atoms. The van der Waals surface area contributed by atoms with E-state index in [1.54, 1.807) is 13.0 Å². The van der Waals surface area contributed by atoms with Gasteiger partial charge in [-0.3, -0.25) is 0 Å². The third-order valence-electron chi connectivity index (χ3n) is 2.01. The molecule has 0 fully saturated rings. The molecule has 2 N–H and O–H groups in total. The molecule has 0 saturated carbocycles. The van der Waals surface area contributed by atoms with E-state index in [1.165, 1.54) is 12.1 Å². The molecule has 0 amide bonds. The van der Waals surface area contributed by atoms with Crippen molar-refractivity contribution in [3.63, 3.8) is 0 Å². The van der Waals surface area contributed by atoms with Crippen molar-refractivity contribution in [3.05, 3.63) is 23.2 Å². The molecule has 4 nitrogen and oxygen atoms in total. The second kappa shape index (κ2) is 5.52. The Morgan fingerprint density at radius 2 is 2.12 bits per heavy atom. The summed E-state index contributed by atoms with van der Waals surface area (Å²) in [6, 6.07) is 4.63. The topological polar surface area (TPSA) is 69.4 Å². The lowest BCUT2D eigenvalue weighted by Crippen LogP contribution is -2.14. The quantitative estimate of drug-likeness (QED) is 0.649. The van der Waals surface area contributed by atoms with Gasteiger partial charge in [-0.05, 0) is 19.1 Å². The van der Waals surface area contributed by atoms with Crippen molar-refractivity contribution >= 4 is 27.1 Å². The smallest absolute Gasteiger partial charge is 0.184 e. The number of benzene rings is 1. The van der Waals surface area contributed by atoms with Crippen LogP contribution in [0, 0.1) is 0 Å². The molecule has 16 heavy (non-hydrogen) atoms. The highest BCUT2D eigenvalue weighted by Gasteiger charge is 2.20. The number of anilines is 1. The summed E-state index contributed by atoms with van der Waals surface area (Å²) < 4.78 is 28.8. The number of nitrogens with two attached hydrogens (primary N) is 1. The number of sulfone groups is 1. The molecule has 0 aliphatic heterocycles. The third-order valence-corrected chi connectivity index (χ3v) is 4.22. The lowest BCUT2D eigenvalue weighted by atomic mass is 10.3. The van der Waals surface area contributed by atoms with Crippen LogP contribution in [0.15, 0.2) is 23.1 Å². The minimum Gasteiger partial charge on any atom is -0.398 e. The van der Waals surface area contributed by atoms with Crippen LogP contribution in [0.2, 0.25) is 5.02 Å². The Morgan fingerprint density at radius 3 is 2.69 bits per heavy atom. The zero-order valence-electron chi connectivity index (χ0n) is 8.94. The van der Waals surface area contributed by atoms with E-state index in [0.717, 1.165) is 0 Å². The molecule has 0 radical (unpaired) electrons. The van der Waals surface area contributed by atoms with Crippen LogP contribution in [-0.2, 0) is 14.6 Å². The van der Waals surface area contributed by atoms with E-state index in [2.05, 4.69) is 0 Å². The highest BCUT2D eigenvalue weighted by atomic mass is 35.5. The zero-order valence-corrected chi connectivity index (χ0v) is 10.5. The summed E-state index contributed by atoms with van der Waals surface area (Å²) in [4.78, 5) is -0.00336. The first-order valence-corrected chi connectivity index (χ1v) is 6.86. The van der Waals surface area contributed by atoms with Crippen LogP contribution in [0.1, 0.15) is 6.92 Å². The summed E-state index contributed by atoms with van der Waals surface area (Å²) in [5.74, 6) is -0.116. The van der Waals surface area contributed by atoms with E-state index >= 15 is 0 Å². The summed E-state index contributed by atoms with van der Waals surface area (Å²) in [5, 5.41) is 0.150. The zero-order chi connectivity index (χ0) is 12.2. The summed E-state index contributed by atoms with van der Waals surface area (Å²) in [7, 11) is -3.48. The molecule has 0 atom stereocenters. The number of halogens is 1. The van der Waals surface area contributed by atoms with Gasteiger partial charge in [0.15, 0.2) is 9.84 Å². The molecule has 0 bridgehead atoms. The SMILES string of the molecule is CCOCCS(=O)(=O)c1c(N)cccc1Cl. The molecule has 0 heterocycles. The van der Waals surface area contributed by atoms with Crippen LogP contribution in [0.25, 0.3) is 0 Å². The fraction of sp³-hybridized carbons (Fsp3) is 0.400. The second-order valence-corrected chi connectivity index (χ2v) is 5.63. The fourth-order valence-electron chi connectivity index (χ4n) is 1.27. The summed E-state index contributed by atoms with van der Waals surface area (Å²) in [5.41, 5.74) is 5.78. The van der Waals surface area contributed by atoms with Crippen LogP contribution in [0.4, 0.5) is 5.69 Å². The van der Waals surface area contributed by atoms with Gasteiger partial charge in [0.2, 0.25) is 0 Å². The Hall–Kier alpha value is -0.780. The Balaban J connectivity index is 2.98. The standard InChI is InChI=1S/C10H14ClNO3S/c1-2-15-6-7-16(13,14)10-8(11)4-3-5-9(10)12/h3-5H,2,6-7,12H2,1H3. The highest BCUT2D eigenvalue weighted by Crippen LogP contribution is 2.27. The van der Waals surface area contributed by atoms with Gasteiger partial charge >= 0.3 is 0 Å². The highest BCUT2D eigenvalue weighted by molar-refractivity contribution is 7.91. The summed E-state index contributed by atoms with van der Waals surface area (Å²) in [6.07, 6.45) is 0. The van der Waals surface area contributed by atoms with Gasteiger partial charge in [0.25, 0.3) is 0 Å². The largest absolute Gasteiger partial charge is 0.398 e. The van der Waals surface area contributed by atoms with Crippen molar-refractivity contribution in [1.29, 1.82) is 0 Å². The van der Waals surface area contributed by atoms with E-state index in [9.17, 15) is 8.42 Å². The lowest BCUT2D eigenvalue weighted by molar-refractivity contribution is 0.163. The fourth-order valence-corrected chi connectivity index (χ4v) is 3.14. The van der Waals surface area contributed by atoms with Crippen molar-refractivity contribution in [3.8, 4) is 0 Å². The van der Waals surface area contributed by atoms with Crippen molar-refractivity contribution in [1.82, 2.24) is 0 Å². The molecular formula is C10H14ClNO3S. The first-order valence-electron chi connectivity index (χ1n) is 4.83. The first kappa shape index (κ1) is 13.3. The van der Waals surface area contributed by atoms with Crippen LogP contribution in [0.3, 0.4) is 0 Å². The number of nitrogen functional groups attached to an aromatic ring is 1. The van der Waals surface area contributed by atoms with Gasteiger partial charge in [-0.2, -0.15) is 0 Å². The van der Waals surface area contributed by atoms with Gasteiger partial charge in [-0.25, -0.2) is 8.42 Å². The Labute approximate surface area is 100 Å². The normalized spacial score (nSPS) is 11.6. The molecule has 0 aliphatic carbocycles. The van der Waals surface area contributed by atoms with Crippen molar-refractivity contribution in [2.24, 2.45) is 0 Å². The van der Waals surface area contributed by atoms with E-state index < -0.39 is 9.84 Å². The average molecular weight is 264 g/mol. The van der Waals surface area contributed by atoms with Gasteiger partial charge < -0.3 is 10.5 Å². The average Bonchev–Trinajstić information content (AvgIpc) is 2.17. The molecule has 1 aromatic rings. The van der Waals surface area contributed by atoms with Crippen molar-refractivity contribution < 1.29 is 13.2 Å². The van der Waals surface area contributed by atoms with Gasteiger partial charge in [-0.1, -0.05) is 17.7 Å². The maximum Gasteiger partial charge on any atom is 0.184 e. The molecule has 1 aromatic carbocycles.